The molecule has 2 aliphatic heterocycles. The molecule has 164 valence electrons. The summed E-state index contributed by atoms with van der Waals surface area (Å²) in [7, 11) is 0. The maximum Gasteiger partial charge on any atom is 0.410 e. The van der Waals surface area contributed by atoms with Crippen LogP contribution in [0.4, 0.5) is 9.18 Å². The van der Waals surface area contributed by atoms with Crippen LogP contribution < -0.4 is 0 Å². The Kier molecular flexibility index (Phi) is 5.72. The normalized spacial score (nSPS) is 25.5. The van der Waals surface area contributed by atoms with E-state index in [2.05, 4.69) is 5.10 Å². The second-order valence-electron chi connectivity index (χ2n) is 9.23. The van der Waals surface area contributed by atoms with Crippen LogP contribution in [0.5, 0.6) is 0 Å². The molecule has 7 nitrogen and oxygen atoms in total. The van der Waals surface area contributed by atoms with Gasteiger partial charge in [0.05, 0.1) is 24.4 Å². The monoisotopic (exact) mass is 419 g/mol. The number of aliphatic hydroxyl groups excluding tert-OH is 1. The summed E-state index contributed by atoms with van der Waals surface area (Å²) in [5, 5.41) is 15.9. The van der Waals surface area contributed by atoms with Crippen molar-refractivity contribution in [2.75, 3.05) is 19.7 Å². The molecule has 3 heterocycles. The van der Waals surface area contributed by atoms with E-state index in [1.165, 1.54) is 11.0 Å². The minimum Gasteiger partial charge on any atom is -0.444 e. The Balaban J connectivity index is 1.55. The number of ether oxygens (including phenoxy) is 2. The molecule has 4 rings (SSSR count). The number of carbonyl (C=O) groups is 1. The number of rotatable bonds is 2. The van der Waals surface area contributed by atoms with Gasteiger partial charge >= 0.3 is 6.09 Å². The van der Waals surface area contributed by atoms with Gasteiger partial charge in [-0.25, -0.2) is 13.9 Å². The van der Waals surface area contributed by atoms with E-state index in [1.54, 1.807) is 33.0 Å². The van der Waals surface area contributed by atoms with E-state index in [4.69, 9.17) is 9.47 Å². The van der Waals surface area contributed by atoms with Crippen molar-refractivity contribution < 1.29 is 23.8 Å². The molecule has 1 N–H and O–H groups in total. The summed E-state index contributed by atoms with van der Waals surface area (Å²) >= 11 is 0. The molecule has 0 bridgehead atoms. The zero-order chi connectivity index (χ0) is 21.5. The summed E-state index contributed by atoms with van der Waals surface area (Å²) in [6.45, 7) is 6.62. The first kappa shape index (κ1) is 21.1. The largest absolute Gasteiger partial charge is 0.444 e. The zero-order valence-corrected chi connectivity index (χ0v) is 17.8. The molecular formula is C22H30FN3O4. The SMILES string of the molecule is CC(C)(C)OC(=O)N1CC[C@H](c2cc3c(cnn3C3CCCCO3)cc2F)[C@@H](O)C1. The number of halogens is 1. The summed E-state index contributed by atoms with van der Waals surface area (Å²) in [6, 6.07) is 3.26. The van der Waals surface area contributed by atoms with Gasteiger partial charge in [0.1, 0.15) is 11.4 Å². The fourth-order valence-corrected chi connectivity index (χ4v) is 4.30. The maximum absolute atomic E-state index is 14.9. The number of β-amino-alcohol motifs (C(OH)–C–C–N with tert-alkyl or cyclic N) is 1. The molecule has 2 aliphatic rings. The number of likely N-dealkylation sites (tertiary alicyclic amines) is 1. The van der Waals surface area contributed by atoms with E-state index in [-0.39, 0.29) is 18.6 Å². The third-order valence-electron chi connectivity index (χ3n) is 5.78. The Hall–Kier alpha value is -2.19. The van der Waals surface area contributed by atoms with Crippen LogP contribution in [0.15, 0.2) is 18.3 Å². The van der Waals surface area contributed by atoms with E-state index in [1.807, 2.05) is 4.68 Å². The number of piperidine rings is 1. The predicted octanol–water partition coefficient (Wildman–Crippen LogP) is 3.96. The quantitative estimate of drug-likeness (QED) is 0.797. The number of fused-ring (bicyclic) bond motifs is 1. The van der Waals surface area contributed by atoms with Crippen LogP contribution in [0.2, 0.25) is 0 Å². The second kappa shape index (κ2) is 8.15. The molecular weight excluding hydrogens is 389 g/mol. The van der Waals surface area contributed by atoms with Crippen LogP contribution in [-0.4, -0.2) is 57.3 Å². The topological polar surface area (TPSA) is 76.8 Å². The van der Waals surface area contributed by atoms with Gasteiger partial charge in [0.2, 0.25) is 0 Å². The van der Waals surface area contributed by atoms with Crippen LogP contribution in [0.1, 0.15) is 64.2 Å². The van der Waals surface area contributed by atoms with E-state index in [0.29, 0.717) is 30.5 Å². The van der Waals surface area contributed by atoms with Crippen molar-refractivity contribution in [1.29, 1.82) is 0 Å². The highest BCUT2D eigenvalue weighted by Crippen LogP contribution is 2.34. The van der Waals surface area contributed by atoms with Crippen molar-refractivity contribution in [3.05, 3.63) is 29.7 Å². The Morgan fingerprint density at radius 1 is 1.30 bits per heavy atom. The van der Waals surface area contributed by atoms with Crippen LogP contribution in [0.3, 0.4) is 0 Å². The number of nitrogens with zero attached hydrogens (tertiary/aromatic N) is 3. The number of hydrogen-bond acceptors (Lipinski definition) is 5. The fourth-order valence-electron chi connectivity index (χ4n) is 4.30. The summed E-state index contributed by atoms with van der Waals surface area (Å²) in [5.41, 5.74) is 0.659. The molecule has 1 aromatic heterocycles. The molecule has 1 aromatic carbocycles. The average molecular weight is 419 g/mol. The molecule has 0 aliphatic carbocycles. The first-order valence-corrected chi connectivity index (χ1v) is 10.7. The standard InChI is InChI=1S/C22H30FN3O4/c1-22(2,3)30-21(28)25-8-7-15(19(27)13-25)16-11-18-14(10-17(16)23)12-24-26(18)20-6-4-5-9-29-20/h10-12,15,19-20,27H,4-9,13H2,1-3H3/t15-,19+,20?/m1/s1. The smallest absolute Gasteiger partial charge is 0.410 e. The lowest BCUT2D eigenvalue weighted by Gasteiger charge is -2.37. The molecule has 1 unspecified atom stereocenters. The summed E-state index contributed by atoms with van der Waals surface area (Å²) in [4.78, 5) is 13.8. The van der Waals surface area contributed by atoms with Gasteiger partial charge in [-0.3, -0.25) is 0 Å². The molecule has 1 amide bonds. The molecule has 2 saturated heterocycles. The maximum atomic E-state index is 14.9. The van der Waals surface area contributed by atoms with Crippen molar-refractivity contribution in [2.24, 2.45) is 0 Å². The lowest BCUT2D eigenvalue weighted by atomic mass is 9.86. The van der Waals surface area contributed by atoms with Gasteiger partial charge in [0.15, 0.2) is 6.23 Å². The highest BCUT2D eigenvalue weighted by molar-refractivity contribution is 5.80. The molecule has 2 aromatic rings. The van der Waals surface area contributed by atoms with Crippen LogP contribution >= 0.6 is 0 Å². The van der Waals surface area contributed by atoms with Crippen LogP contribution in [-0.2, 0) is 9.47 Å². The lowest BCUT2D eigenvalue weighted by molar-refractivity contribution is -0.0367. The molecule has 2 fully saturated rings. The molecule has 30 heavy (non-hydrogen) atoms. The summed E-state index contributed by atoms with van der Waals surface area (Å²) in [6.07, 6.45) is 3.62. The van der Waals surface area contributed by atoms with Crippen molar-refractivity contribution >= 4 is 17.0 Å². The number of aromatic nitrogens is 2. The van der Waals surface area contributed by atoms with Gasteiger partial charge in [0.25, 0.3) is 0 Å². The third kappa shape index (κ3) is 4.30. The van der Waals surface area contributed by atoms with Crippen molar-refractivity contribution in [3.8, 4) is 0 Å². The number of carbonyl (C=O) groups excluding carboxylic acids is 1. The number of hydrogen-bond donors (Lipinski definition) is 1. The number of benzene rings is 1. The summed E-state index contributed by atoms with van der Waals surface area (Å²) in [5.74, 6) is -0.759. The Labute approximate surface area is 175 Å². The zero-order valence-electron chi connectivity index (χ0n) is 17.8. The van der Waals surface area contributed by atoms with Gasteiger partial charge in [-0.05, 0) is 64.2 Å². The van der Waals surface area contributed by atoms with Gasteiger partial charge in [-0.15, -0.1) is 0 Å². The van der Waals surface area contributed by atoms with Crippen molar-refractivity contribution in [3.63, 3.8) is 0 Å². The van der Waals surface area contributed by atoms with Crippen molar-refractivity contribution in [1.82, 2.24) is 14.7 Å². The Morgan fingerprint density at radius 3 is 2.77 bits per heavy atom. The van der Waals surface area contributed by atoms with E-state index in [0.717, 1.165) is 24.8 Å². The van der Waals surface area contributed by atoms with Crippen LogP contribution in [0, 0.1) is 5.82 Å². The fraction of sp³-hybridized carbons (Fsp3) is 0.636. The molecule has 0 saturated carbocycles. The van der Waals surface area contributed by atoms with Gasteiger partial charge in [0, 0.05) is 24.5 Å². The highest BCUT2D eigenvalue weighted by Gasteiger charge is 2.35. The molecule has 3 atom stereocenters. The molecule has 0 spiro atoms. The Bertz CT molecular complexity index is 917. The second-order valence-corrected chi connectivity index (χ2v) is 9.23. The van der Waals surface area contributed by atoms with Gasteiger partial charge < -0.3 is 19.5 Å². The number of aliphatic hydroxyl groups is 1. The first-order valence-electron chi connectivity index (χ1n) is 10.7. The van der Waals surface area contributed by atoms with E-state index >= 15 is 0 Å². The lowest BCUT2D eigenvalue weighted by Crippen LogP contribution is -2.47. The minimum atomic E-state index is -0.875. The summed E-state index contributed by atoms with van der Waals surface area (Å²) < 4.78 is 28.0. The molecule has 8 heteroatoms. The van der Waals surface area contributed by atoms with Crippen molar-refractivity contribution in [2.45, 2.75) is 70.3 Å². The molecule has 0 radical (unpaired) electrons. The minimum absolute atomic E-state index is 0.113. The van der Waals surface area contributed by atoms with Gasteiger partial charge in [-0.1, -0.05) is 0 Å². The predicted molar refractivity (Wildman–Crippen MR) is 110 cm³/mol. The average Bonchev–Trinajstić information content (AvgIpc) is 3.09. The van der Waals surface area contributed by atoms with E-state index < -0.39 is 23.7 Å². The number of amides is 1. The Morgan fingerprint density at radius 2 is 2.10 bits per heavy atom. The first-order chi connectivity index (χ1) is 14.2. The highest BCUT2D eigenvalue weighted by atomic mass is 19.1. The van der Waals surface area contributed by atoms with E-state index in [9.17, 15) is 14.3 Å². The van der Waals surface area contributed by atoms with Gasteiger partial charge in [-0.2, -0.15) is 5.10 Å². The van der Waals surface area contributed by atoms with Crippen LogP contribution in [0.25, 0.3) is 10.9 Å². The third-order valence-corrected chi connectivity index (χ3v) is 5.78.